The topological polar surface area (TPSA) is 72.7 Å². The molecule has 4 heterocycles. The zero-order valence-corrected chi connectivity index (χ0v) is 20.7. The molecule has 2 aromatic carbocycles. The van der Waals surface area contributed by atoms with Crippen molar-refractivity contribution in [2.45, 2.75) is 12.5 Å². The van der Waals surface area contributed by atoms with Gasteiger partial charge in [0.15, 0.2) is 17.2 Å². The first-order valence-electron chi connectivity index (χ1n) is 12.0. The molecule has 0 aliphatic rings. The van der Waals surface area contributed by atoms with Crippen LogP contribution in [0, 0.1) is 0 Å². The van der Waals surface area contributed by atoms with E-state index in [1.54, 1.807) is 28.4 Å². The molecule has 0 radical (unpaired) electrons. The largest absolute Gasteiger partial charge is 0.343 e. The Labute approximate surface area is 218 Å². The minimum atomic E-state index is -0.254. The number of rotatable bonds is 7. The molecule has 0 fully saturated rings. The van der Waals surface area contributed by atoms with Crippen molar-refractivity contribution in [1.82, 2.24) is 25.1 Å². The highest BCUT2D eigenvalue weighted by Gasteiger charge is 2.25. The molecule has 1 amide bonds. The van der Waals surface area contributed by atoms with Crippen molar-refractivity contribution < 1.29 is 4.79 Å². The lowest BCUT2D eigenvalue weighted by Gasteiger charge is -2.19. The fraction of sp³-hybridized carbons (Fsp3) is 0.0667. The number of thiophene rings is 1. The number of hydrogen-bond donors (Lipinski definition) is 1. The molecule has 0 bridgehead atoms. The third-order valence-corrected chi connectivity index (χ3v) is 7.13. The average molecular weight is 502 g/mol. The number of aromatic nitrogens is 4. The number of nitrogens with one attached hydrogen (secondary N) is 1. The minimum absolute atomic E-state index is 0.229. The fourth-order valence-corrected chi connectivity index (χ4v) is 5.25. The van der Waals surface area contributed by atoms with Crippen LogP contribution in [0.3, 0.4) is 0 Å². The molecule has 0 spiro atoms. The van der Waals surface area contributed by atoms with E-state index in [0.717, 1.165) is 21.6 Å². The molecule has 6 aromatic rings. The summed E-state index contributed by atoms with van der Waals surface area (Å²) < 4.78 is 1.65. The van der Waals surface area contributed by atoms with Gasteiger partial charge in [-0.25, -0.2) is 9.97 Å². The second kappa shape index (κ2) is 10.2. The minimum Gasteiger partial charge on any atom is -0.343 e. The number of fused-ring (bicyclic) bond motifs is 1. The average Bonchev–Trinajstić information content (AvgIpc) is 3.63. The summed E-state index contributed by atoms with van der Waals surface area (Å²) in [6.07, 6.45) is 4.12. The molecular formula is C30H23N5OS. The van der Waals surface area contributed by atoms with Gasteiger partial charge in [-0.3, -0.25) is 4.79 Å². The summed E-state index contributed by atoms with van der Waals surface area (Å²) in [5.74, 6) is 0.349. The Hall–Kier alpha value is -4.62. The van der Waals surface area contributed by atoms with Gasteiger partial charge in [-0.05, 0) is 47.2 Å². The number of hydrogen-bond acceptors (Lipinski definition) is 5. The fourth-order valence-electron chi connectivity index (χ4n) is 4.49. The Bertz CT molecular complexity index is 1630. The third-order valence-electron chi connectivity index (χ3n) is 6.23. The Balaban J connectivity index is 1.46. The molecule has 37 heavy (non-hydrogen) atoms. The number of pyridine rings is 2. The third kappa shape index (κ3) is 4.64. The number of carbonyl (C=O) groups excluding carboxylic acids is 1. The van der Waals surface area contributed by atoms with Crippen LogP contribution in [0.4, 0.5) is 0 Å². The van der Waals surface area contributed by atoms with E-state index in [1.807, 2.05) is 90.3 Å². The van der Waals surface area contributed by atoms with Gasteiger partial charge in [0.05, 0.1) is 11.4 Å². The normalized spacial score (nSPS) is 11.9. The van der Waals surface area contributed by atoms with Crippen molar-refractivity contribution in [3.63, 3.8) is 0 Å². The van der Waals surface area contributed by atoms with E-state index in [2.05, 4.69) is 27.4 Å². The van der Waals surface area contributed by atoms with Crippen molar-refractivity contribution in [3.8, 4) is 16.3 Å². The second-order valence-corrected chi connectivity index (χ2v) is 9.56. The van der Waals surface area contributed by atoms with Crippen molar-refractivity contribution in [1.29, 1.82) is 0 Å². The molecule has 1 N–H and O–H groups in total. The van der Waals surface area contributed by atoms with E-state index >= 15 is 0 Å². The van der Waals surface area contributed by atoms with Gasteiger partial charge in [0.25, 0.3) is 5.91 Å². The molecule has 6 rings (SSSR count). The molecule has 1 unspecified atom stereocenters. The molecule has 0 aliphatic heterocycles. The highest BCUT2D eigenvalue weighted by molar-refractivity contribution is 7.13. The molecule has 180 valence electrons. The van der Waals surface area contributed by atoms with Crippen molar-refractivity contribution >= 4 is 28.3 Å². The lowest BCUT2D eigenvalue weighted by atomic mass is 9.98. The van der Waals surface area contributed by atoms with Gasteiger partial charge < -0.3 is 5.32 Å². The predicted octanol–water partition coefficient (Wildman–Crippen LogP) is 6.26. The molecular weight excluding hydrogens is 478 g/mol. The van der Waals surface area contributed by atoms with Crippen LogP contribution in [-0.2, 0) is 6.42 Å². The summed E-state index contributed by atoms with van der Waals surface area (Å²) in [6, 6.07) is 31.6. The quantitative estimate of drug-likeness (QED) is 0.280. The molecule has 0 saturated carbocycles. The van der Waals surface area contributed by atoms with Gasteiger partial charge >= 0.3 is 0 Å². The first-order chi connectivity index (χ1) is 18.3. The van der Waals surface area contributed by atoms with E-state index in [-0.39, 0.29) is 11.9 Å². The Morgan fingerprint density at radius 2 is 1.62 bits per heavy atom. The van der Waals surface area contributed by atoms with E-state index < -0.39 is 0 Å². The highest BCUT2D eigenvalue weighted by atomic mass is 32.1. The lowest BCUT2D eigenvalue weighted by molar-refractivity contribution is 0.0932. The van der Waals surface area contributed by atoms with Gasteiger partial charge in [0.1, 0.15) is 0 Å². The molecule has 7 heteroatoms. The van der Waals surface area contributed by atoms with Crippen LogP contribution in [-0.4, -0.2) is 25.7 Å². The van der Waals surface area contributed by atoms with Crippen LogP contribution in [0.2, 0.25) is 0 Å². The maximum atomic E-state index is 14.0. The maximum Gasteiger partial charge on any atom is 0.273 e. The Kier molecular flexibility index (Phi) is 6.27. The molecule has 6 nitrogen and oxygen atoms in total. The number of nitrogens with zero attached hydrogens (tertiary/aromatic N) is 4. The molecule has 1 atom stereocenters. The van der Waals surface area contributed by atoms with Gasteiger partial charge in [-0.2, -0.15) is 9.78 Å². The Morgan fingerprint density at radius 1 is 0.838 bits per heavy atom. The standard InChI is InChI=1S/C30H23N5OS/c36-30(33-24(22-12-5-2-6-13-22)20-21-10-3-1-4-11-21)28-27-23(25-14-9-19-37-25)16-18-32-29(27)35(34-28)26-15-7-8-17-31-26/h1-19,24H,20H2,(H,33,36). The second-order valence-electron chi connectivity index (χ2n) is 8.61. The monoisotopic (exact) mass is 501 g/mol. The summed E-state index contributed by atoms with van der Waals surface area (Å²) in [5.41, 5.74) is 4.01. The van der Waals surface area contributed by atoms with Crippen LogP contribution in [0.25, 0.3) is 27.3 Å². The SMILES string of the molecule is O=C(NC(Cc1ccccc1)c1ccccc1)c1nn(-c2ccccn2)c2nccc(-c3cccs3)c12. The van der Waals surface area contributed by atoms with Gasteiger partial charge in [-0.15, -0.1) is 11.3 Å². The Morgan fingerprint density at radius 3 is 2.35 bits per heavy atom. The van der Waals surface area contributed by atoms with Crippen LogP contribution in [0.1, 0.15) is 27.7 Å². The van der Waals surface area contributed by atoms with E-state index in [1.165, 1.54) is 0 Å². The summed E-state index contributed by atoms with van der Waals surface area (Å²) in [6.45, 7) is 0. The first-order valence-corrected chi connectivity index (χ1v) is 12.9. The summed E-state index contributed by atoms with van der Waals surface area (Å²) in [7, 11) is 0. The molecule has 0 saturated heterocycles. The van der Waals surface area contributed by atoms with Crippen LogP contribution in [0.15, 0.2) is 115 Å². The van der Waals surface area contributed by atoms with Crippen LogP contribution in [0.5, 0.6) is 0 Å². The number of amides is 1. The molecule has 0 aliphatic carbocycles. The summed E-state index contributed by atoms with van der Waals surface area (Å²) >= 11 is 1.62. The summed E-state index contributed by atoms with van der Waals surface area (Å²) in [4.78, 5) is 24.1. The maximum absolute atomic E-state index is 14.0. The zero-order chi connectivity index (χ0) is 25.0. The number of carbonyl (C=O) groups is 1. The van der Waals surface area contributed by atoms with Crippen LogP contribution >= 0.6 is 11.3 Å². The lowest BCUT2D eigenvalue weighted by Crippen LogP contribution is -2.30. The molecule has 4 aromatic heterocycles. The predicted molar refractivity (Wildman–Crippen MR) is 147 cm³/mol. The van der Waals surface area contributed by atoms with E-state index in [4.69, 9.17) is 5.10 Å². The highest BCUT2D eigenvalue weighted by Crippen LogP contribution is 2.34. The first kappa shape index (κ1) is 22.8. The van der Waals surface area contributed by atoms with E-state index in [0.29, 0.717) is 29.0 Å². The van der Waals surface area contributed by atoms with Crippen molar-refractivity contribution in [2.24, 2.45) is 0 Å². The van der Waals surface area contributed by atoms with Crippen LogP contribution < -0.4 is 5.32 Å². The number of benzene rings is 2. The summed E-state index contributed by atoms with van der Waals surface area (Å²) in [5, 5.41) is 10.8. The van der Waals surface area contributed by atoms with Gasteiger partial charge in [-0.1, -0.05) is 72.8 Å². The van der Waals surface area contributed by atoms with Crippen molar-refractivity contribution in [2.75, 3.05) is 0 Å². The smallest absolute Gasteiger partial charge is 0.273 e. The zero-order valence-electron chi connectivity index (χ0n) is 19.9. The van der Waals surface area contributed by atoms with Crippen molar-refractivity contribution in [3.05, 3.63) is 132 Å². The van der Waals surface area contributed by atoms with Gasteiger partial charge in [0.2, 0.25) is 0 Å². The van der Waals surface area contributed by atoms with E-state index in [9.17, 15) is 4.79 Å². The van der Waals surface area contributed by atoms with Gasteiger partial charge in [0, 0.05) is 22.8 Å².